The number of piperazine rings is 1. The molecule has 1 aliphatic rings. The van der Waals surface area contributed by atoms with Gasteiger partial charge in [0.15, 0.2) is 0 Å². The number of carbonyl (C=O) groups is 1. The van der Waals surface area contributed by atoms with E-state index in [4.69, 9.17) is 0 Å². The van der Waals surface area contributed by atoms with E-state index in [2.05, 4.69) is 22.1 Å². The van der Waals surface area contributed by atoms with Crippen LogP contribution in [0.2, 0.25) is 0 Å². The highest BCUT2D eigenvalue weighted by Crippen LogP contribution is 2.21. The second kappa shape index (κ2) is 9.21. The number of anilines is 1. The lowest BCUT2D eigenvalue weighted by atomic mass is 10.3. The molecule has 1 N–H and O–H groups in total. The van der Waals surface area contributed by atoms with Gasteiger partial charge in [0.25, 0.3) is 0 Å². The molecular formula is C19H27N5O3S2. The number of aromatic nitrogens is 1. The minimum Gasteiger partial charge on any atom is -0.322 e. The van der Waals surface area contributed by atoms with Gasteiger partial charge >= 0.3 is 6.03 Å². The van der Waals surface area contributed by atoms with E-state index in [-0.39, 0.29) is 10.9 Å². The van der Waals surface area contributed by atoms with Crippen molar-refractivity contribution in [3.63, 3.8) is 0 Å². The monoisotopic (exact) mass is 437 g/mol. The Balaban J connectivity index is 1.66. The van der Waals surface area contributed by atoms with Crippen LogP contribution in [0.25, 0.3) is 0 Å². The quantitative estimate of drug-likeness (QED) is 0.750. The highest BCUT2D eigenvalue weighted by atomic mass is 32.2. The molecule has 8 nitrogen and oxygen atoms in total. The van der Waals surface area contributed by atoms with Crippen LogP contribution in [0.5, 0.6) is 0 Å². The number of nitrogens with zero attached hydrogens (tertiary/aromatic N) is 4. The molecule has 0 saturated carbocycles. The summed E-state index contributed by atoms with van der Waals surface area (Å²) in [5.41, 5.74) is 0.454. The molecule has 1 saturated heterocycles. The van der Waals surface area contributed by atoms with Gasteiger partial charge in [0.2, 0.25) is 10.0 Å². The molecule has 0 radical (unpaired) electrons. The Morgan fingerprint density at radius 1 is 1.28 bits per heavy atom. The van der Waals surface area contributed by atoms with Gasteiger partial charge in [-0.2, -0.15) is 4.31 Å². The van der Waals surface area contributed by atoms with E-state index in [9.17, 15) is 13.2 Å². The molecule has 0 spiro atoms. The molecule has 2 amide bonds. The minimum absolute atomic E-state index is 0.195. The number of benzene rings is 1. The van der Waals surface area contributed by atoms with Crippen molar-refractivity contribution >= 4 is 33.1 Å². The highest BCUT2D eigenvalue weighted by Gasteiger charge is 2.28. The van der Waals surface area contributed by atoms with Gasteiger partial charge < -0.3 is 15.1 Å². The minimum atomic E-state index is -3.58. The van der Waals surface area contributed by atoms with E-state index in [0.717, 1.165) is 29.5 Å². The van der Waals surface area contributed by atoms with Crippen LogP contribution in [0.3, 0.4) is 0 Å². The summed E-state index contributed by atoms with van der Waals surface area (Å²) in [4.78, 5) is 21.6. The van der Waals surface area contributed by atoms with Gasteiger partial charge in [-0.25, -0.2) is 18.2 Å². The molecule has 1 fully saturated rings. The molecule has 2 aromatic rings. The zero-order chi connectivity index (χ0) is 21.0. The predicted molar refractivity (Wildman–Crippen MR) is 115 cm³/mol. The SMILES string of the molecule is CCN1CCN(S(=O)(=O)c2cccc(NC(=O)N(C)Cc3cnc(C)s3)c2)CC1. The maximum atomic E-state index is 13.0. The molecule has 1 aromatic carbocycles. The number of rotatable bonds is 6. The van der Waals surface area contributed by atoms with Gasteiger partial charge in [-0.05, 0) is 31.7 Å². The smallest absolute Gasteiger partial charge is 0.321 e. The van der Waals surface area contributed by atoms with Gasteiger partial charge in [-0.1, -0.05) is 13.0 Å². The Labute approximate surface area is 176 Å². The standard InChI is InChI=1S/C19H27N5O3S2/c1-4-23-8-10-24(11-9-23)29(26,27)18-7-5-6-16(12-18)21-19(25)22(3)14-17-13-20-15(2)28-17/h5-7,12-13H,4,8-11,14H2,1-3H3,(H,21,25). The number of urea groups is 1. The molecule has 0 unspecified atom stereocenters. The van der Waals surface area contributed by atoms with Gasteiger partial charge in [-0.3, -0.25) is 0 Å². The Kier molecular flexibility index (Phi) is 6.89. The van der Waals surface area contributed by atoms with E-state index >= 15 is 0 Å². The third kappa shape index (κ3) is 5.33. The number of hydrogen-bond donors (Lipinski definition) is 1. The van der Waals surface area contributed by atoms with E-state index in [0.29, 0.717) is 25.3 Å². The predicted octanol–water partition coefficient (Wildman–Crippen LogP) is 2.44. The third-order valence-corrected chi connectivity index (χ3v) is 7.70. The Morgan fingerprint density at radius 3 is 2.62 bits per heavy atom. The summed E-state index contributed by atoms with van der Waals surface area (Å²) >= 11 is 1.54. The number of aryl methyl sites for hydroxylation is 1. The van der Waals surface area contributed by atoms with Crippen molar-refractivity contribution in [3.8, 4) is 0 Å². The molecule has 1 aliphatic heterocycles. The van der Waals surface area contributed by atoms with Crippen LogP contribution in [-0.2, 0) is 16.6 Å². The summed E-state index contributed by atoms with van der Waals surface area (Å²) in [5, 5.41) is 3.73. The fraction of sp³-hybridized carbons (Fsp3) is 0.474. The Morgan fingerprint density at radius 2 is 2.00 bits per heavy atom. The number of nitrogens with one attached hydrogen (secondary N) is 1. The lowest BCUT2D eigenvalue weighted by Gasteiger charge is -2.33. The van der Waals surface area contributed by atoms with Crippen LogP contribution in [0, 0.1) is 6.92 Å². The fourth-order valence-electron chi connectivity index (χ4n) is 3.17. The Bertz CT molecular complexity index is 952. The van der Waals surface area contributed by atoms with Crippen molar-refractivity contribution < 1.29 is 13.2 Å². The zero-order valence-corrected chi connectivity index (χ0v) is 18.6. The summed E-state index contributed by atoms with van der Waals surface area (Å²) in [6.07, 6.45) is 1.76. The van der Waals surface area contributed by atoms with Crippen molar-refractivity contribution in [2.45, 2.75) is 25.3 Å². The number of sulfonamides is 1. The van der Waals surface area contributed by atoms with Crippen molar-refractivity contribution in [2.75, 3.05) is 45.1 Å². The van der Waals surface area contributed by atoms with Crippen molar-refractivity contribution in [1.82, 2.24) is 19.1 Å². The molecule has 1 aromatic heterocycles. The van der Waals surface area contributed by atoms with Crippen LogP contribution in [0.1, 0.15) is 16.8 Å². The third-order valence-electron chi connectivity index (χ3n) is 4.91. The summed E-state index contributed by atoms with van der Waals surface area (Å²) < 4.78 is 27.5. The molecule has 0 bridgehead atoms. The average molecular weight is 438 g/mol. The number of likely N-dealkylation sites (N-methyl/N-ethyl adjacent to an activating group) is 1. The number of amides is 2. The van der Waals surface area contributed by atoms with E-state index < -0.39 is 10.0 Å². The molecule has 0 atom stereocenters. The molecule has 158 valence electrons. The summed E-state index contributed by atoms with van der Waals surface area (Å²) in [6, 6.07) is 6.13. The largest absolute Gasteiger partial charge is 0.322 e. The second-order valence-electron chi connectivity index (χ2n) is 7.00. The maximum Gasteiger partial charge on any atom is 0.321 e. The molecular weight excluding hydrogens is 410 g/mol. The number of carbonyl (C=O) groups excluding carboxylic acids is 1. The lowest BCUT2D eigenvalue weighted by Crippen LogP contribution is -2.48. The lowest BCUT2D eigenvalue weighted by molar-refractivity contribution is 0.196. The molecule has 3 rings (SSSR count). The van der Waals surface area contributed by atoms with Crippen LogP contribution >= 0.6 is 11.3 Å². The van der Waals surface area contributed by atoms with Gasteiger partial charge in [0.05, 0.1) is 16.4 Å². The highest BCUT2D eigenvalue weighted by molar-refractivity contribution is 7.89. The Hall–Kier alpha value is -2.01. The van der Waals surface area contributed by atoms with Crippen LogP contribution in [-0.4, -0.2) is 73.3 Å². The first-order chi connectivity index (χ1) is 13.8. The number of thiazole rings is 1. The fourth-order valence-corrected chi connectivity index (χ4v) is 5.49. The average Bonchev–Trinajstić information content (AvgIpc) is 3.12. The van der Waals surface area contributed by atoms with Gasteiger partial charge in [0, 0.05) is 50.0 Å². The van der Waals surface area contributed by atoms with E-state index in [1.165, 1.54) is 15.3 Å². The first-order valence-electron chi connectivity index (χ1n) is 9.55. The summed E-state index contributed by atoms with van der Waals surface area (Å²) in [5.74, 6) is 0. The molecule has 10 heteroatoms. The maximum absolute atomic E-state index is 13.0. The van der Waals surface area contributed by atoms with Gasteiger partial charge in [-0.15, -0.1) is 11.3 Å². The summed E-state index contributed by atoms with van der Waals surface area (Å²) in [6.45, 7) is 7.77. The number of hydrogen-bond acceptors (Lipinski definition) is 6. The summed E-state index contributed by atoms with van der Waals surface area (Å²) in [7, 11) is -1.89. The second-order valence-corrected chi connectivity index (χ2v) is 10.3. The molecule has 2 heterocycles. The van der Waals surface area contributed by atoms with Crippen LogP contribution < -0.4 is 5.32 Å². The van der Waals surface area contributed by atoms with Gasteiger partial charge in [0.1, 0.15) is 0 Å². The van der Waals surface area contributed by atoms with Crippen molar-refractivity contribution in [3.05, 3.63) is 40.3 Å². The van der Waals surface area contributed by atoms with Crippen molar-refractivity contribution in [2.24, 2.45) is 0 Å². The molecule has 29 heavy (non-hydrogen) atoms. The topological polar surface area (TPSA) is 85.8 Å². The first-order valence-corrected chi connectivity index (χ1v) is 11.8. The van der Waals surface area contributed by atoms with Crippen LogP contribution in [0.15, 0.2) is 35.4 Å². The molecule has 0 aliphatic carbocycles. The van der Waals surface area contributed by atoms with Crippen molar-refractivity contribution in [1.29, 1.82) is 0 Å². The van der Waals surface area contributed by atoms with E-state index in [1.807, 2.05) is 6.92 Å². The van der Waals surface area contributed by atoms with Crippen LogP contribution in [0.4, 0.5) is 10.5 Å². The normalized spacial score (nSPS) is 16.0. The van der Waals surface area contributed by atoms with E-state index in [1.54, 1.807) is 42.8 Å². The first kappa shape index (κ1) is 21.7. The zero-order valence-electron chi connectivity index (χ0n) is 17.0.